The van der Waals surface area contributed by atoms with Gasteiger partial charge in [0.1, 0.15) is 12.1 Å². The van der Waals surface area contributed by atoms with Crippen molar-refractivity contribution in [1.82, 2.24) is 19.7 Å². The van der Waals surface area contributed by atoms with E-state index in [0.29, 0.717) is 6.54 Å². The van der Waals surface area contributed by atoms with Gasteiger partial charge in [0.15, 0.2) is 5.65 Å². The second-order valence-corrected chi connectivity index (χ2v) is 5.19. The molecule has 0 saturated carbocycles. The molecule has 2 aromatic heterocycles. The van der Waals surface area contributed by atoms with E-state index in [9.17, 15) is 0 Å². The van der Waals surface area contributed by atoms with Gasteiger partial charge in [-0.1, -0.05) is 76.2 Å². The molecule has 4 rings (SSSR count). The minimum absolute atomic E-state index is 0.712. The molecular formula is C22H27N5. The Balaban J connectivity index is 0.000000614. The minimum Gasteiger partial charge on any atom is -0.365 e. The van der Waals surface area contributed by atoms with E-state index in [1.165, 1.54) is 5.56 Å². The first-order valence-electron chi connectivity index (χ1n) is 9.44. The second kappa shape index (κ2) is 10.7. The number of hydrogen-bond donors (Lipinski definition) is 1. The Kier molecular flexibility index (Phi) is 7.97. The Hall–Kier alpha value is -3.21. The fraction of sp³-hybridized carbons (Fsp3) is 0.227. The first-order valence-corrected chi connectivity index (χ1v) is 9.44. The topological polar surface area (TPSA) is 55.6 Å². The van der Waals surface area contributed by atoms with Crippen LogP contribution in [0.1, 0.15) is 33.3 Å². The molecule has 140 valence electrons. The summed E-state index contributed by atoms with van der Waals surface area (Å²) in [6.45, 7) is 8.71. The maximum absolute atomic E-state index is 4.46. The SMILES string of the molecule is CC.CC.c1ccc(CNc2ncnc3c2cnn3-c2ccccc2)cc1. The van der Waals surface area contributed by atoms with Crippen molar-refractivity contribution in [3.63, 3.8) is 0 Å². The predicted molar refractivity (Wildman–Crippen MR) is 113 cm³/mol. The van der Waals surface area contributed by atoms with Crippen molar-refractivity contribution in [2.45, 2.75) is 34.2 Å². The molecular weight excluding hydrogens is 334 g/mol. The number of nitrogens with zero attached hydrogens (tertiary/aromatic N) is 4. The van der Waals surface area contributed by atoms with Gasteiger partial charge in [0.05, 0.1) is 17.3 Å². The zero-order valence-electron chi connectivity index (χ0n) is 16.4. The van der Waals surface area contributed by atoms with Crippen molar-refractivity contribution in [2.75, 3.05) is 5.32 Å². The molecule has 27 heavy (non-hydrogen) atoms. The Morgan fingerprint density at radius 1 is 0.815 bits per heavy atom. The molecule has 2 heterocycles. The lowest BCUT2D eigenvalue weighted by Gasteiger charge is -2.07. The lowest BCUT2D eigenvalue weighted by Crippen LogP contribution is -2.03. The summed E-state index contributed by atoms with van der Waals surface area (Å²) in [4.78, 5) is 8.74. The summed E-state index contributed by atoms with van der Waals surface area (Å²) in [7, 11) is 0. The molecule has 0 fully saturated rings. The molecule has 0 atom stereocenters. The largest absolute Gasteiger partial charge is 0.365 e. The molecule has 0 saturated heterocycles. The molecule has 0 aliphatic heterocycles. The van der Waals surface area contributed by atoms with Gasteiger partial charge in [-0.05, 0) is 17.7 Å². The number of para-hydroxylation sites is 1. The highest BCUT2D eigenvalue weighted by Gasteiger charge is 2.10. The van der Waals surface area contributed by atoms with Gasteiger partial charge in [-0.2, -0.15) is 5.10 Å². The van der Waals surface area contributed by atoms with E-state index >= 15 is 0 Å². The number of benzene rings is 2. The van der Waals surface area contributed by atoms with E-state index in [0.717, 1.165) is 22.5 Å². The predicted octanol–water partition coefficient (Wildman–Crippen LogP) is 5.48. The van der Waals surface area contributed by atoms with E-state index in [2.05, 4.69) is 32.5 Å². The smallest absolute Gasteiger partial charge is 0.168 e. The zero-order chi connectivity index (χ0) is 19.5. The maximum atomic E-state index is 4.46. The van der Waals surface area contributed by atoms with Gasteiger partial charge >= 0.3 is 0 Å². The van der Waals surface area contributed by atoms with Crippen LogP contribution in [0.15, 0.2) is 73.2 Å². The van der Waals surface area contributed by atoms with E-state index < -0.39 is 0 Å². The van der Waals surface area contributed by atoms with Crippen molar-refractivity contribution in [2.24, 2.45) is 0 Å². The summed E-state index contributed by atoms with van der Waals surface area (Å²) in [5, 5.41) is 8.73. The Bertz CT molecular complexity index is 917. The normalized spacial score (nSPS) is 9.63. The zero-order valence-corrected chi connectivity index (χ0v) is 16.4. The van der Waals surface area contributed by atoms with Crippen LogP contribution in [-0.4, -0.2) is 19.7 Å². The Morgan fingerprint density at radius 2 is 1.44 bits per heavy atom. The lowest BCUT2D eigenvalue weighted by molar-refractivity contribution is 0.895. The standard InChI is InChI=1S/C18H15N5.2C2H6/c1-3-7-14(8-4-1)11-19-17-16-12-22-23(18(16)21-13-20-17)15-9-5-2-6-10-15;2*1-2/h1-10,12-13H,11H2,(H,19,20,21);2*1-2H3. The molecule has 0 spiro atoms. The maximum Gasteiger partial charge on any atom is 0.168 e. The van der Waals surface area contributed by atoms with E-state index in [-0.39, 0.29) is 0 Å². The first-order chi connectivity index (χ1) is 13.4. The van der Waals surface area contributed by atoms with E-state index in [4.69, 9.17) is 0 Å². The van der Waals surface area contributed by atoms with Crippen molar-refractivity contribution >= 4 is 16.9 Å². The number of aromatic nitrogens is 4. The summed E-state index contributed by atoms with van der Waals surface area (Å²) in [5.74, 6) is 0.793. The molecule has 0 radical (unpaired) electrons. The molecule has 1 N–H and O–H groups in total. The Labute approximate surface area is 161 Å². The summed E-state index contributed by atoms with van der Waals surface area (Å²) < 4.78 is 1.82. The van der Waals surface area contributed by atoms with Crippen LogP contribution >= 0.6 is 0 Å². The molecule has 0 aliphatic carbocycles. The summed E-state index contributed by atoms with van der Waals surface area (Å²) in [6, 6.07) is 20.2. The van der Waals surface area contributed by atoms with Crippen LogP contribution in [0.4, 0.5) is 5.82 Å². The van der Waals surface area contributed by atoms with Crippen LogP contribution < -0.4 is 5.32 Å². The van der Waals surface area contributed by atoms with Crippen molar-refractivity contribution in [1.29, 1.82) is 0 Å². The van der Waals surface area contributed by atoms with Crippen LogP contribution in [0, 0.1) is 0 Å². The highest BCUT2D eigenvalue weighted by atomic mass is 15.3. The fourth-order valence-electron chi connectivity index (χ4n) is 2.52. The molecule has 0 unspecified atom stereocenters. The lowest BCUT2D eigenvalue weighted by atomic mass is 10.2. The van der Waals surface area contributed by atoms with Gasteiger partial charge in [0.2, 0.25) is 0 Å². The molecule has 5 nitrogen and oxygen atoms in total. The van der Waals surface area contributed by atoms with Crippen LogP contribution in [0.25, 0.3) is 16.7 Å². The van der Waals surface area contributed by atoms with Crippen LogP contribution in [0.5, 0.6) is 0 Å². The first kappa shape index (κ1) is 20.1. The second-order valence-electron chi connectivity index (χ2n) is 5.19. The van der Waals surface area contributed by atoms with Crippen LogP contribution in [-0.2, 0) is 6.54 Å². The van der Waals surface area contributed by atoms with Gasteiger partial charge in [-0.3, -0.25) is 0 Å². The third kappa shape index (κ3) is 4.91. The molecule has 0 bridgehead atoms. The fourth-order valence-corrected chi connectivity index (χ4v) is 2.52. The van der Waals surface area contributed by atoms with Gasteiger partial charge in [-0.15, -0.1) is 0 Å². The Morgan fingerprint density at radius 3 is 2.11 bits per heavy atom. The molecule has 0 aliphatic rings. The summed E-state index contributed by atoms with van der Waals surface area (Å²) >= 11 is 0. The molecule has 0 amide bonds. The van der Waals surface area contributed by atoms with Gasteiger partial charge in [0.25, 0.3) is 0 Å². The van der Waals surface area contributed by atoms with Crippen molar-refractivity contribution in [3.8, 4) is 5.69 Å². The molecule has 4 aromatic rings. The number of anilines is 1. The number of rotatable bonds is 4. The third-order valence-corrected chi connectivity index (χ3v) is 3.67. The van der Waals surface area contributed by atoms with Crippen molar-refractivity contribution in [3.05, 3.63) is 78.8 Å². The van der Waals surface area contributed by atoms with Crippen molar-refractivity contribution < 1.29 is 0 Å². The van der Waals surface area contributed by atoms with Gasteiger partial charge in [0, 0.05) is 6.54 Å². The summed E-state index contributed by atoms with van der Waals surface area (Å²) in [6.07, 6.45) is 3.37. The highest BCUT2D eigenvalue weighted by Crippen LogP contribution is 2.21. The van der Waals surface area contributed by atoms with Gasteiger partial charge in [-0.25, -0.2) is 14.6 Å². The molecule has 2 aromatic carbocycles. The quantitative estimate of drug-likeness (QED) is 0.523. The minimum atomic E-state index is 0.712. The third-order valence-electron chi connectivity index (χ3n) is 3.67. The average Bonchev–Trinajstić information content (AvgIpc) is 3.21. The molecule has 5 heteroatoms. The summed E-state index contributed by atoms with van der Waals surface area (Å²) in [5.41, 5.74) is 2.98. The number of hydrogen-bond acceptors (Lipinski definition) is 4. The van der Waals surface area contributed by atoms with E-state index in [1.54, 1.807) is 12.5 Å². The number of nitrogens with one attached hydrogen (secondary N) is 1. The van der Waals surface area contributed by atoms with Crippen LogP contribution in [0.3, 0.4) is 0 Å². The van der Waals surface area contributed by atoms with E-state index in [1.807, 2.05) is 80.9 Å². The van der Waals surface area contributed by atoms with Gasteiger partial charge < -0.3 is 5.32 Å². The average molecular weight is 361 g/mol. The monoisotopic (exact) mass is 361 g/mol. The highest BCUT2D eigenvalue weighted by molar-refractivity contribution is 5.87. The van der Waals surface area contributed by atoms with Crippen LogP contribution in [0.2, 0.25) is 0 Å². The number of fused-ring (bicyclic) bond motifs is 1.